The van der Waals surface area contributed by atoms with Crippen molar-refractivity contribution >= 4 is 40.9 Å². The third kappa shape index (κ3) is 4.25. The molecular weight excluding hydrogens is 509 g/mol. The van der Waals surface area contributed by atoms with Gasteiger partial charge in [-0.05, 0) is 71.9 Å². The minimum atomic E-state index is -0.160. The number of fused-ring (bicyclic) bond motifs is 1. The average Bonchev–Trinajstić information content (AvgIpc) is 3.56. The van der Waals surface area contributed by atoms with E-state index in [-0.39, 0.29) is 11.6 Å². The van der Waals surface area contributed by atoms with Gasteiger partial charge in [0, 0.05) is 15.7 Å². The number of rotatable bonds is 4. The highest BCUT2D eigenvalue weighted by Gasteiger charge is 2.34. The van der Waals surface area contributed by atoms with Gasteiger partial charge in [0.15, 0.2) is 4.80 Å². The third-order valence-corrected chi connectivity index (χ3v) is 10.5. The van der Waals surface area contributed by atoms with E-state index in [1.165, 1.54) is 26.7 Å². The van der Waals surface area contributed by atoms with Gasteiger partial charge >= 0.3 is 0 Å². The molecule has 1 unspecified atom stereocenters. The maximum absolute atomic E-state index is 13.9. The zero-order valence-electron chi connectivity index (χ0n) is 20.2. The Balaban J connectivity index is 1.56. The number of thioether (sulfide) groups is 2. The number of thiazole rings is 1. The van der Waals surface area contributed by atoms with Crippen LogP contribution in [0.3, 0.4) is 0 Å². The standard InChI is InChI=1S/C28H26N2O3S3/c1-32-19-10-6-17(7-11-19)16-23-26(31)30-25(18-8-12-20(33-2)13-9-18)21-4-3-5-22(27-34-14-15-35-27)24(21)29-28(30)36-23/h6-13,16,25H,3-5,14-15H2,1-2H3. The molecule has 2 aliphatic heterocycles. The van der Waals surface area contributed by atoms with Crippen molar-refractivity contribution in [1.29, 1.82) is 0 Å². The molecule has 6 rings (SSSR count). The quantitative estimate of drug-likeness (QED) is 0.466. The molecule has 184 valence electrons. The molecule has 36 heavy (non-hydrogen) atoms. The van der Waals surface area contributed by atoms with Crippen LogP contribution in [0.4, 0.5) is 0 Å². The molecule has 1 aromatic heterocycles. The minimum absolute atomic E-state index is 0.00586. The van der Waals surface area contributed by atoms with Gasteiger partial charge in [-0.3, -0.25) is 9.36 Å². The van der Waals surface area contributed by atoms with Crippen molar-refractivity contribution in [1.82, 2.24) is 4.57 Å². The maximum atomic E-state index is 13.9. The van der Waals surface area contributed by atoms with Crippen LogP contribution in [0, 0.1) is 0 Å². The van der Waals surface area contributed by atoms with Crippen LogP contribution in [0.5, 0.6) is 11.5 Å². The lowest BCUT2D eigenvalue weighted by Crippen LogP contribution is -2.39. The summed E-state index contributed by atoms with van der Waals surface area (Å²) in [5, 5.41) is 0. The van der Waals surface area contributed by atoms with Crippen LogP contribution >= 0.6 is 34.9 Å². The molecule has 3 aliphatic rings. The number of aromatic nitrogens is 1. The van der Waals surface area contributed by atoms with Gasteiger partial charge < -0.3 is 9.47 Å². The van der Waals surface area contributed by atoms with E-state index in [0.29, 0.717) is 4.53 Å². The Hall–Kier alpha value is -2.68. The Morgan fingerprint density at radius 1 is 0.944 bits per heavy atom. The maximum Gasteiger partial charge on any atom is 0.271 e. The van der Waals surface area contributed by atoms with Gasteiger partial charge in [0.2, 0.25) is 0 Å². The van der Waals surface area contributed by atoms with Crippen molar-refractivity contribution in [3.63, 3.8) is 0 Å². The van der Waals surface area contributed by atoms with E-state index >= 15 is 0 Å². The van der Waals surface area contributed by atoms with E-state index in [2.05, 4.69) is 12.1 Å². The zero-order chi connectivity index (χ0) is 24.6. The molecule has 1 atom stereocenters. The van der Waals surface area contributed by atoms with Crippen LogP contribution in [0.25, 0.3) is 6.08 Å². The molecular formula is C28H26N2O3S3. The second-order valence-electron chi connectivity index (χ2n) is 8.82. The Bertz CT molecular complexity index is 1540. The van der Waals surface area contributed by atoms with Gasteiger partial charge in [-0.15, -0.1) is 23.5 Å². The van der Waals surface area contributed by atoms with Crippen molar-refractivity contribution in [3.8, 4) is 11.5 Å². The molecule has 0 bridgehead atoms. The molecule has 1 fully saturated rings. The number of nitrogens with zero attached hydrogens (tertiary/aromatic N) is 2. The van der Waals surface area contributed by atoms with Crippen molar-refractivity contribution in [3.05, 3.63) is 100 Å². The van der Waals surface area contributed by atoms with Crippen molar-refractivity contribution in [2.45, 2.75) is 25.3 Å². The fraction of sp³-hybridized carbons (Fsp3) is 0.286. The van der Waals surface area contributed by atoms with Crippen molar-refractivity contribution in [2.24, 2.45) is 4.99 Å². The fourth-order valence-electron chi connectivity index (χ4n) is 5.01. The third-order valence-electron chi connectivity index (χ3n) is 6.74. The highest BCUT2D eigenvalue weighted by Crippen LogP contribution is 2.48. The summed E-state index contributed by atoms with van der Waals surface area (Å²) in [5.41, 5.74) is 5.80. The van der Waals surface area contributed by atoms with E-state index in [9.17, 15) is 4.79 Å². The van der Waals surface area contributed by atoms with Gasteiger partial charge in [0.1, 0.15) is 11.5 Å². The van der Waals surface area contributed by atoms with Gasteiger partial charge in [-0.1, -0.05) is 35.6 Å². The summed E-state index contributed by atoms with van der Waals surface area (Å²) < 4.78 is 14.7. The summed E-state index contributed by atoms with van der Waals surface area (Å²) >= 11 is 5.38. The Morgan fingerprint density at radius 2 is 1.61 bits per heavy atom. The molecule has 2 aromatic carbocycles. The predicted octanol–water partition coefficient (Wildman–Crippen LogP) is 5.11. The summed E-state index contributed by atoms with van der Waals surface area (Å²) in [6, 6.07) is 15.7. The van der Waals surface area contributed by atoms with Crippen LogP contribution in [0.15, 0.2) is 79.4 Å². The van der Waals surface area contributed by atoms with Crippen molar-refractivity contribution < 1.29 is 9.47 Å². The lowest BCUT2D eigenvalue weighted by atomic mass is 9.85. The number of methoxy groups -OCH3 is 2. The SMILES string of the molecule is COc1ccc(C=c2sc3n(c2=O)C(c2ccc(OC)cc2)C2=C(N=3)C(=C3SCCS3)CCC2)cc1. The molecule has 0 spiro atoms. The topological polar surface area (TPSA) is 52.8 Å². The number of ether oxygens (including phenoxy) is 2. The van der Waals surface area contributed by atoms with Crippen LogP contribution in [0.2, 0.25) is 0 Å². The zero-order valence-corrected chi connectivity index (χ0v) is 22.6. The van der Waals surface area contributed by atoms with E-state index in [0.717, 1.165) is 63.9 Å². The molecule has 3 heterocycles. The summed E-state index contributed by atoms with van der Waals surface area (Å²) in [5.74, 6) is 3.91. The second kappa shape index (κ2) is 10.00. The first-order valence-electron chi connectivity index (χ1n) is 12.0. The average molecular weight is 535 g/mol. The first-order valence-corrected chi connectivity index (χ1v) is 14.8. The Morgan fingerprint density at radius 3 is 2.28 bits per heavy atom. The summed E-state index contributed by atoms with van der Waals surface area (Å²) in [6.07, 6.45) is 5.04. The molecule has 0 N–H and O–H groups in total. The molecule has 0 radical (unpaired) electrons. The largest absolute Gasteiger partial charge is 0.497 e. The Kier molecular flexibility index (Phi) is 6.58. The molecule has 5 nitrogen and oxygen atoms in total. The Labute approximate surface area is 222 Å². The number of benzene rings is 2. The van der Waals surface area contributed by atoms with Crippen LogP contribution in [-0.4, -0.2) is 30.3 Å². The minimum Gasteiger partial charge on any atom is -0.497 e. The normalized spacial score (nSPS) is 19.7. The highest BCUT2D eigenvalue weighted by molar-refractivity contribution is 8.25. The lowest BCUT2D eigenvalue weighted by Gasteiger charge is -2.31. The van der Waals surface area contributed by atoms with E-state index < -0.39 is 0 Å². The first kappa shape index (κ1) is 23.7. The predicted molar refractivity (Wildman–Crippen MR) is 150 cm³/mol. The molecule has 0 saturated carbocycles. The summed E-state index contributed by atoms with van der Waals surface area (Å²) in [6.45, 7) is 0. The smallest absolute Gasteiger partial charge is 0.271 e. The van der Waals surface area contributed by atoms with Crippen molar-refractivity contribution in [2.75, 3.05) is 25.7 Å². The number of hydrogen-bond acceptors (Lipinski definition) is 7. The van der Waals surface area contributed by atoms with Gasteiger partial charge in [-0.25, -0.2) is 4.99 Å². The molecule has 8 heteroatoms. The molecule has 0 amide bonds. The van der Waals surface area contributed by atoms with Crippen LogP contribution in [0.1, 0.15) is 36.4 Å². The second-order valence-corrected chi connectivity index (χ2v) is 12.3. The summed E-state index contributed by atoms with van der Waals surface area (Å²) in [7, 11) is 3.33. The molecule has 3 aromatic rings. The van der Waals surface area contributed by atoms with Gasteiger partial charge in [-0.2, -0.15) is 0 Å². The monoisotopic (exact) mass is 534 g/mol. The van der Waals surface area contributed by atoms with Gasteiger partial charge in [0.05, 0.1) is 30.5 Å². The molecule has 1 aliphatic carbocycles. The fourth-order valence-corrected chi connectivity index (χ4v) is 8.62. The van der Waals surface area contributed by atoms with Crippen LogP contribution in [-0.2, 0) is 0 Å². The van der Waals surface area contributed by atoms with E-state index in [1.54, 1.807) is 14.2 Å². The number of hydrogen-bond donors (Lipinski definition) is 0. The lowest BCUT2D eigenvalue weighted by molar-refractivity contribution is 0.414. The van der Waals surface area contributed by atoms with Gasteiger partial charge in [0.25, 0.3) is 5.56 Å². The molecule has 1 saturated heterocycles. The van der Waals surface area contributed by atoms with E-state index in [1.807, 2.05) is 70.6 Å². The number of allylic oxidation sites excluding steroid dienone is 2. The first-order chi connectivity index (χ1) is 17.7. The summed E-state index contributed by atoms with van der Waals surface area (Å²) in [4.78, 5) is 19.8. The highest BCUT2D eigenvalue weighted by atomic mass is 32.2. The van der Waals surface area contributed by atoms with Crippen LogP contribution < -0.4 is 24.4 Å². The van der Waals surface area contributed by atoms with E-state index in [4.69, 9.17) is 14.5 Å².